The van der Waals surface area contributed by atoms with Crippen LogP contribution in [0.25, 0.3) is 11.1 Å². The molecule has 40 heavy (non-hydrogen) atoms. The van der Waals surface area contributed by atoms with Crippen LogP contribution < -0.4 is 5.73 Å². The minimum Gasteiger partial charge on any atom is -0.478 e. The Hall–Kier alpha value is -3.46. The number of hydrogen-bond acceptors (Lipinski definition) is 6. The van der Waals surface area contributed by atoms with E-state index in [4.69, 9.17) is 15.2 Å². The lowest BCUT2D eigenvalue weighted by Crippen LogP contribution is -2.38. The zero-order valence-corrected chi connectivity index (χ0v) is 23.1. The highest BCUT2D eigenvalue weighted by molar-refractivity contribution is 7.99. The Morgan fingerprint density at radius 2 is 1.55 bits per heavy atom. The molecule has 206 valence electrons. The van der Waals surface area contributed by atoms with Crippen LogP contribution in [-0.4, -0.2) is 28.0 Å². The number of carbonyl (C=O) groups is 1. The third-order valence-electron chi connectivity index (χ3n) is 7.37. The van der Waals surface area contributed by atoms with Gasteiger partial charge in [-0.2, -0.15) is 0 Å². The Labute approximate surface area is 238 Å². The van der Waals surface area contributed by atoms with Crippen molar-refractivity contribution in [2.75, 3.05) is 5.75 Å². The molecule has 1 aliphatic rings. The maximum absolute atomic E-state index is 11.2. The highest BCUT2D eigenvalue weighted by atomic mass is 32.2. The monoisotopic (exact) mass is 555 g/mol. The first-order valence-corrected chi connectivity index (χ1v) is 14.3. The predicted octanol–water partition coefficient (Wildman–Crippen LogP) is 6.59. The predicted molar refractivity (Wildman–Crippen MR) is 157 cm³/mol. The van der Waals surface area contributed by atoms with E-state index in [0.29, 0.717) is 12.3 Å². The number of hydrogen-bond donors (Lipinski definition) is 3. The minimum absolute atomic E-state index is 0.00728. The van der Waals surface area contributed by atoms with E-state index < -0.39 is 12.3 Å². The van der Waals surface area contributed by atoms with E-state index in [-0.39, 0.29) is 30.3 Å². The Balaban J connectivity index is 1.39. The summed E-state index contributed by atoms with van der Waals surface area (Å²) >= 11 is 1.64. The molecular weight excluding hydrogens is 522 g/mol. The number of aromatic carboxylic acids is 1. The first-order chi connectivity index (χ1) is 19.5. The van der Waals surface area contributed by atoms with Crippen molar-refractivity contribution in [1.82, 2.24) is 0 Å². The van der Waals surface area contributed by atoms with Crippen molar-refractivity contribution >= 4 is 17.7 Å². The maximum Gasteiger partial charge on any atom is 0.335 e. The van der Waals surface area contributed by atoms with Crippen molar-refractivity contribution in [3.8, 4) is 11.1 Å². The van der Waals surface area contributed by atoms with Crippen LogP contribution in [0.5, 0.6) is 0 Å². The zero-order valence-electron chi connectivity index (χ0n) is 22.3. The Morgan fingerprint density at radius 1 is 0.875 bits per heavy atom. The first-order valence-electron chi connectivity index (χ1n) is 13.3. The van der Waals surface area contributed by atoms with Gasteiger partial charge in [0.1, 0.15) is 0 Å². The van der Waals surface area contributed by atoms with Gasteiger partial charge in [0, 0.05) is 28.7 Å². The number of aliphatic hydroxyl groups is 1. The molecule has 5 rings (SSSR count). The summed E-state index contributed by atoms with van der Waals surface area (Å²) in [7, 11) is 0. The number of nitrogens with two attached hydrogens (primary N) is 1. The van der Waals surface area contributed by atoms with E-state index >= 15 is 0 Å². The molecule has 0 radical (unpaired) electrons. The lowest BCUT2D eigenvalue weighted by Gasteiger charge is -2.41. The van der Waals surface area contributed by atoms with Crippen molar-refractivity contribution in [1.29, 1.82) is 0 Å². The van der Waals surface area contributed by atoms with Crippen LogP contribution in [0, 0.1) is 5.92 Å². The van der Waals surface area contributed by atoms with Gasteiger partial charge in [-0.3, -0.25) is 0 Å². The van der Waals surface area contributed by atoms with Crippen molar-refractivity contribution in [3.63, 3.8) is 0 Å². The molecule has 4 aromatic carbocycles. The van der Waals surface area contributed by atoms with Crippen molar-refractivity contribution in [2.45, 2.75) is 43.5 Å². The van der Waals surface area contributed by atoms with Crippen LogP contribution in [0.1, 0.15) is 51.9 Å². The summed E-state index contributed by atoms with van der Waals surface area (Å²) in [5.74, 6) is -0.202. The third-order valence-corrected chi connectivity index (χ3v) is 8.47. The molecule has 4 atom stereocenters. The topological polar surface area (TPSA) is 102 Å². The van der Waals surface area contributed by atoms with Crippen LogP contribution in [0.4, 0.5) is 0 Å². The molecule has 4 N–H and O–H groups in total. The van der Waals surface area contributed by atoms with Gasteiger partial charge in [-0.05, 0) is 52.1 Å². The lowest BCUT2D eigenvalue weighted by molar-refractivity contribution is -0.268. The summed E-state index contributed by atoms with van der Waals surface area (Å²) in [6.07, 6.45) is -0.885. The van der Waals surface area contributed by atoms with Crippen molar-refractivity contribution < 1.29 is 24.5 Å². The molecule has 1 fully saturated rings. The van der Waals surface area contributed by atoms with Crippen LogP contribution in [0.15, 0.2) is 102 Å². The van der Waals surface area contributed by atoms with Crippen LogP contribution >= 0.6 is 11.8 Å². The van der Waals surface area contributed by atoms with E-state index in [9.17, 15) is 15.0 Å². The average Bonchev–Trinajstić information content (AvgIpc) is 3.01. The molecule has 0 aromatic heterocycles. The molecule has 7 heteroatoms. The number of benzene rings is 4. The van der Waals surface area contributed by atoms with E-state index in [1.807, 2.05) is 66.7 Å². The molecule has 0 saturated carbocycles. The van der Waals surface area contributed by atoms with E-state index in [1.54, 1.807) is 23.9 Å². The molecule has 0 bridgehead atoms. The second-order valence-electron chi connectivity index (χ2n) is 9.95. The Kier molecular flexibility index (Phi) is 8.99. The zero-order chi connectivity index (χ0) is 28.1. The van der Waals surface area contributed by atoms with Gasteiger partial charge in [0.25, 0.3) is 0 Å². The van der Waals surface area contributed by atoms with Crippen LogP contribution in [0.2, 0.25) is 0 Å². The smallest absolute Gasteiger partial charge is 0.335 e. The highest BCUT2D eigenvalue weighted by Crippen LogP contribution is 2.43. The third kappa shape index (κ3) is 6.30. The van der Waals surface area contributed by atoms with E-state index in [1.165, 1.54) is 0 Å². The summed E-state index contributed by atoms with van der Waals surface area (Å²) in [4.78, 5) is 12.2. The number of rotatable bonds is 9. The average molecular weight is 556 g/mol. The largest absolute Gasteiger partial charge is 0.478 e. The van der Waals surface area contributed by atoms with Crippen LogP contribution in [-0.2, 0) is 22.6 Å². The van der Waals surface area contributed by atoms with Gasteiger partial charge < -0.3 is 25.4 Å². The Morgan fingerprint density at radius 3 is 2.20 bits per heavy atom. The summed E-state index contributed by atoms with van der Waals surface area (Å²) < 4.78 is 13.1. The summed E-state index contributed by atoms with van der Waals surface area (Å²) in [6.45, 7) is 2.60. The molecule has 0 amide bonds. The van der Waals surface area contributed by atoms with Gasteiger partial charge in [0.15, 0.2) is 6.29 Å². The van der Waals surface area contributed by atoms with E-state index in [0.717, 1.165) is 38.3 Å². The molecule has 0 spiro atoms. The summed E-state index contributed by atoms with van der Waals surface area (Å²) in [5.41, 5.74) is 12.3. The molecule has 0 unspecified atom stereocenters. The fourth-order valence-electron chi connectivity index (χ4n) is 4.98. The summed E-state index contributed by atoms with van der Waals surface area (Å²) in [5, 5.41) is 18.7. The summed E-state index contributed by atoms with van der Waals surface area (Å²) in [6, 6.07) is 31.2. The SMILES string of the molecule is C[C@@H]1[C@H](CSc2ccc(C(=O)O)cc2)O[C@H](c2ccc(-c3ccccc3CN)cc2)O[C@@H]1c1ccc(CO)cc1. The number of ether oxygens (including phenoxy) is 2. The minimum atomic E-state index is -0.937. The van der Waals surface area contributed by atoms with Crippen molar-refractivity contribution in [2.24, 2.45) is 11.7 Å². The second kappa shape index (κ2) is 12.8. The van der Waals surface area contributed by atoms with Crippen LogP contribution in [0.3, 0.4) is 0 Å². The number of aliphatic hydroxyl groups excluding tert-OH is 1. The van der Waals surface area contributed by atoms with Gasteiger partial charge in [0.2, 0.25) is 0 Å². The molecule has 1 aliphatic heterocycles. The molecule has 6 nitrogen and oxygen atoms in total. The van der Waals surface area contributed by atoms with Gasteiger partial charge >= 0.3 is 5.97 Å². The quantitative estimate of drug-likeness (QED) is 0.200. The molecule has 4 aromatic rings. The number of carboxylic acid groups (broad SMARTS) is 1. The lowest BCUT2D eigenvalue weighted by atomic mass is 9.91. The van der Waals surface area contributed by atoms with Gasteiger partial charge in [-0.1, -0.05) is 79.7 Å². The normalized spacial score (nSPS) is 20.8. The van der Waals surface area contributed by atoms with Gasteiger partial charge in [-0.25, -0.2) is 4.79 Å². The fourth-order valence-corrected chi connectivity index (χ4v) is 6.05. The highest BCUT2D eigenvalue weighted by Gasteiger charge is 2.38. The molecule has 1 saturated heterocycles. The van der Waals surface area contributed by atoms with Crippen molar-refractivity contribution in [3.05, 3.63) is 125 Å². The molecule has 1 heterocycles. The number of carboxylic acids is 1. The standard InChI is InChI=1S/C33H33NO5S/c1-21-30(20-40-28-16-14-25(15-17-28)32(36)37)38-33(39-31(21)24-8-6-22(19-35)7-9-24)26-12-10-23(11-13-26)29-5-3-2-4-27(29)18-34/h2-17,21,30-31,33,35H,18-20,34H2,1H3,(H,36,37)/t21-,30+,31+,33+/m1/s1. The van der Waals surface area contributed by atoms with Gasteiger partial charge in [0.05, 0.1) is 24.4 Å². The fraction of sp³-hybridized carbons (Fsp3) is 0.242. The van der Waals surface area contributed by atoms with E-state index in [2.05, 4.69) is 25.1 Å². The first kappa shape index (κ1) is 28.1. The maximum atomic E-state index is 11.2. The van der Waals surface area contributed by atoms with Gasteiger partial charge in [-0.15, -0.1) is 11.8 Å². The number of thioether (sulfide) groups is 1. The Bertz CT molecular complexity index is 1420. The second-order valence-corrected chi connectivity index (χ2v) is 11.0. The molecular formula is C33H33NO5S. The molecule has 0 aliphatic carbocycles.